The molecule has 3 rings (SSSR count). The number of nitrogens with zero attached hydrogens (tertiary/aromatic N) is 2. The summed E-state index contributed by atoms with van der Waals surface area (Å²) in [6.45, 7) is 8.11. The molecule has 0 unspecified atom stereocenters. The van der Waals surface area contributed by atoms with Gasteiger partial charge in [0.2, 0.25) is 0 Å². The molecule has 2 saturated heterocycles. The number of amides is 2. The zero-order valence-electron chi connectivity index (χ0n) is 14.3. The maximum Gasteiger partial charge on any atom is 0.410 e. The molecule has 2 heterocycles. The van der Waals surface area contributed by atoms with Gasteiger partial charge in [-0.15, -0.1) is 0 Å². The van der Waals surface area contributed by atoms with Crippen LogP contribution in [0.1, 0.15) is 43.1 Å². The van der Waals surface area contributed by atoms with Gasteiger partial charge in [-0.25, -0.2) is 4.79 Å². The molecule has 5 heteroatoms. The van der Waals surface area contributed by atoms with Crippen LogP contribution >= 0.6 is 0 Å². The van der Waals surface area contributed by atoms with Crippen molar-refractivity contribution >= 4 is 12.0 Å². The van der Waals surface area contributed by atoms with Crippen LogP contribution in [0.3, 0.4) is 0 Å². The lowest BCUT2D eigenvalue weighted by Crippen LogP contribution is -2.39. The number of hydrogen-bond donors (Lipinski definition) is 0. The minimum Gasteiger partial charge on any atom is -0.439 e. The summed E-state index contributed by atoms with van der Waals surface area (Å²) in [4.78, 5) is 27.7. The summed E-state index contributed by atoms with van der Waals surface area (Å²) >= 11 is 0. The molecule has 1 aromatic carbocycles. The minimum atomic E-state index is -0.521. The smallest absolute Gasteiger partial charge is 0.410 e. The standard InChI is InChI=1S/C18H24N2O3/c1-17(2,3)14-7-5-13(6-8-14)15(21)20-10-9-18(12-20)11-19(4)16(22)23-18/h5-8H,9-12H2,1-4H3/t18-/m0/s1. The predicted molar refractivity (Wildman–Crippen MR) is 87.5 cm³/mol. The highest BCUT2D eigenvalue weighted by Crippen LogP contribution is 2.32. The summed E-state index contributed by atoms with van der Waals surface area (Å²) in [5.41, 5.74) is 1.44. The molecule has 0 bridgehead atoms. The second-order valence-electron chi connectivity index (χ2n) is 7.71. The zero-order valence-corrected chi connectivity index (χ0v) is 14.3. The molecular formula is C18H24N2O3. The van der Waals surface area contributed by atoms with Crippen molar-refractivity contribution in [2.75, 3.05) is 26.7 Å². The van der Waals surface area contributed by atoms with Crippen molar-refractivity contribution < 1.29 is 14.3 Å². The molecule has 2 aliphatic heterocycles. The molecule has 0 radical (unpaired) electrons. The Morgan fingerprint density at radius 2 is 1.83 bits per heavy atom. The van der Waals surface area contributed by atoms with Crippen LogP contribution in [0.15, 0.2) is 24.3 Å². The normalized spacial score (nSPS) is 24.4. The van der Waals surface area contributed by atoms with Crippen LogP contribution in [0.25, 0.3) is 0 Å². The fourth-order valence-corrected chi connectivity index (χ4v) is 3.32. The molecule has 1 atom stereocenters. The lowest BCUT2D eigenvalue weighted by molar-refractivity contribution is 0.0553. The van der Waals surface area contributed by atoms with Crippen LogP contribution in [-0.2, 0) is 10.2 Å². The average Bonchev–Trinajstić information content (AvgIpc) is 3.01. The largest absolute Gasteiger partial charge is 0.439 e. The van der Waals surface area contributed by atoms with Crippen molar-refractivity contribution in [3.05, 3.63) is 35.4 Å². The van der Waals surface area contributed by atoms with E-state index in [9.17, 15) is 9.59 Å². The van der Waals surface area contributed by atoms with Gasteiger partial charge in [0.05, 0.1) is 13.1 Å². The first kappa shape index (κ1) is 15.8. The molecule has 2 amide bonds. The highest BCUT2D eigenvalue weighted by molar-refractivity contribution is 5.94. The van der Waals surface area contributed by atoms with Crippen molar-refractivity contribution in [2.45, 2.75) is 38.2 Å². The van der Waals surface area contributed by atoms with E-state index in [-0.39, 0.29) is 17.4 Å². The van der Waals surface area contributed by atoms with E-state index in [1.807, 2.05) is 24.3 Å². The van der Waals surface area contributed by atoms with Gasteiger partial charge in [0.1, 0.15) is 0 Å². The van der Waals surface area contributed by atoms with E-state index in [2.05, 4.69) is 20.8 Å². The van der Waals surface area contributed by atoms with E-state index in [1.165, 1.54) is 5.56 Å². The number of benzene rings is 1. The molecule has 0 N–H and O–H groups in total. The lowest BCUT2D eigenvalue weighted by Gasteiger charge is -2.22. The highest BCUT2D eigenvalue weighted by Gasteiger charge is 2.49. The van der Waals surface area contributed by atoms with Gasteiger partial charge in [-0.3, -0.25) is 4.79 Å². The van der Waals surface area contributed by atoms with Crippen LogP contribution in [0.2, 0.25) is 0 Å². The third-order valence-electron chi connectivity index (χ3n) is 4.74. The second kappa shape index (κ2) is 5.25. The number of likely N-dealkylation sites (tertiary alicyclic amines) is 1. The van der Waals surface area contributed by atoms with Gasteiger partial charge in [-0.2, -0.15) is 0 Å². The Morgan fingerprint density at radius 3 is 2.35 bits per heavy atom. The van der Waals surface area contributed by atoms with E-state index in [1.54, 1.807) is 16.8 Å². The Morgan fingerprint density at radius 1 is 1.17 bits per heavy atom. The van der Waals surface area contributed by atoms with Gasteiger partial charge in [0.25, 0.3) is 5.91 Å². The van der Waals surface area contributed by atoms with Gasteiger partial charge in [-0.05, 0) is 23.1 Å². The fourth-order valence-electron chi connectivity index (χ4n) is 3.32. The zero-order chi connectivity index (χ0) is 16.8. The first-order valence-corrected chi connectivity index (χ1v) is 8.04. The van der Waals surface area contributed by atoms with E-state index >= 15 is 0 Å². The lowest BCUT2D eigenvalue weighted by atomic mass is 9.86. The van der Waals surface area contributed by atoms with Crippen LogP contribution in [0, 0.1) is 0 Å². The first-order valence-electron chi connectivity index (χ1n) is 8.04. The Balaban J connectivity index is 1.71. The van der Waals surface area contributed by atoms with Crippen molar-refractivity contribution in [2.24, 2.45) is 0 Å². The Hall–Kier alpha value is -2.04. The molecule has 1 spiro atoms. The highest BCUT2D eigenvalue weighted by atomic mass is 16.6. The number of hydrogen-bond acceptors (Lipinski definition) is 3. The third kappa shape index (κ3) is 2.92. The number of rotatable bonds is 1. The molecule has 2 fully saturated rings. The molecule has 5 nitrogen and oxygen atoms in total. The second-order valence-corrected chi connectivity index (χ2v) is 7.71. The summed E-state index contributed by atoms with van der Waals surface area (Å²) in [6.07, 6.45) is 0.406. The summed E-state index contributed by atoms with van der Waals surface area (Å²) < 4.78 is 5.50. The Kier molecular flexibility index (Phi) is 3.62. The van der Waals surface area contributed by atoms with Gasteiger partial charge < -0.3 is 14.5 Å². The Bertz CT molecular complexity index is 633. The minimum absolute atomic E-state index is 0.00735. The molecule has 0 aromatic heterocycles. The predicted octanol–water partition coefficient (Wildman–Crippen LogP) is 2.65. The van der Waals surface area contributed by atoms with Crippen molar-refractivity contribution in [1.29, 1.82) is 0 Å². The summed E-state index contributed by atoms with van der Waals surface area (Å²) in [5.74, 6) is 0.00735. The molecule has 1 aromatic rings. The van der Waals surface area contributed by atoms with Gasteiger partial charge in [-0.1, -0.05) is 32.9 Å². The summed E-state index contributed by atoms with van der Waals surface area (Å²) in [7, 11) is 1.73. The van der Waals surface area contributed by atoms with Crippen molar-refractivity contribution in [3.8, 4) is 0 Å². The summed E-state index contributed by atoms with van der Waals surface area (Å²) in [5, 5.41) is 0. The van der Waals surface area contributed by atoms with Crippen LogP contribution < -0.4 is 0 Å². The van der Waals surface area contributed by atoms with Crippen LogP contribution in [-0.4, -0.2) is 54.1 Å². The van der Waals surface area contributed by atoms with Crippen LogP contribution in [0.5, 0.6) is 0 Å². The monoisotopic (exact) mass is 316 g/mol. The van der Waals surface area contributed by atoms with E-state index in [4.69, 9.17) is 4.74 Å². The topological polar surface area (TPSA) is 49.9 Å². The molecule has 23 heavy (non-hydrogen) atoms. The summed E-state index contributed by atoms with van der Waals surface area (Å²) in [6, 6.07) is 7.81. The fraction of sp³-hybridized carbons (Fsp3) is 0.556. The molecule has 2 aliphatic rings. The number of carbonyl (C=O) groups is 2. The molecule has 124 valence electrons. The maximum atomic E-state index is 12.7. The third-order valence-corrected chi connectivity index (χ3v) is 4.74. The molecule has 0 saturated carbocycles. The van der Waals surface area contributed by atoms with Gasteiger partial charge in [0.15, 0.2) is 5.60 Å². The van der Waals surface area contributed by atoms with Crippen molar-refractivity contribution in [3.63, 3.8) is 0 Å². The van der Waals surface area contributed by atoms with Crippen LogP contribution in [0.4, 0.5) is 4.79 Å². The first-order chi connectivity index (χ1) is 10.7. The number of likely N-dealkylation sites (N-methyl/N-ethyl adjacent to an activating group) is 1. The number of ether oxygens (including phenoxy) is 1. The van der Waals surface area contributed by atoms with Gasteiger partial charge in [0, 0.05) is 25.6 Å². The molecule has 0 aliphatic carbocycles. The van der Waals surface area contributed by atoms with E-state index < -0.39 is 5.60 Å². The SMILES string of the molecule is CN1C[C@]2(CCN(C(=O)c3ccc(C(C)(C)C)cc3)C2)OC1=O. The quantitative estimate of drug-likeness (QED) is 0.800. The van der Waals surface area contributed by atoms with E-state index in [0.29, 0.717) is 31.6 Å². The molecular weight excluding hydrogens is 292 g/mol. The van der Waals surface area contributed by atoms with Gasteiger partial charge >= 0.3 is 6.09 Å². The maximum absolute atomic E-state index is 12.7. The van der Waals surface area contributed by atoms with E-state index in [0.717, 1.165) is 0 Å². The number of carbonyl (C=O) groups excluding carboxylic acids is 2. The Labute approximate surface area is 137 Å². The average molecular weight is 316 g/mol. The van der Waals surface area contributed by atoms with Crippen molar-refractivity contribution in [1.82, 2.24) is 9.80 Å².